The molecular weight excluding hydrogens is 408 g/mol. The highest BCUT2D eigenvalue weighted by atomic mass is 79.9. The minimum Gasteiger partial charge on any atom is -0.481 e. The van der Waals surface area contributed by atoms with Gasteiger partial charge in [-0.2, -0.15) is 0 Å². The minimum absolute atomic E-state index is 0.346. The monoisotopic (exact) mass is 432 g/mol. The van der Waals surface area contributed by atoms with Crippen LogP contribution in [0.25, 0.3) is 0 Å². The molecule has 4 rings (SSSR count). The summed E-state index contributed by atoms with van der Waals surface area (Å²) in [4.78, 5) is 6.85. The number of aryl methyl sites for hydroxylation is 1. The Labute approximate surface area is 168 Å². The molecule has 1 aromatic heterocycles. The smallest absolute Gasteiger partial charge is 0.231 e. The Hall–Kier alpha value is -1.79. The van der Waals surface area contributed by atoms with Crippen LogP contribution in [0.5, 0.6) is 17.4 Å². The normalized spacial score (nSPS) is 17.3. The van der Waals surface area contributed by atoms with E-state index in [0.717, 1.165) is 59.4 Å². The van der Waals surface area contributed by atoms with Crippen molar-refractivity contribution < 1.29 is 14.2 Å². The number of likely N-dealkylation sites (tertiary alicyclic amines) is 1. The van der Waals surface area contributed by atoms with Crippen LogP contribution >= 0.6 is 15.9 Å². The zero-order valence-corrected chi connectivity index (χ0v) is 17.2. The summed E-state index contributed by atoms with van der Waals surface area (Å²) in [5, 5.41) is 0. The number of rotatable bonds is 6. The molecule has 0 N–H and O–H groups in total. The molecule has 0 spiro atoms. The number of fused-ring (bicyclic) bond motifs is 1. The highest BCUT2D eigenvalue weighted by molar-refractivity contribution is 9.10. The number of halogens is 1. The van der Waals surface area contributed by atoms with Gasteiger partial charge in [0.25, 0.3) is 0 Å². The Balaban J connectivity index is 1.28. The molecule has 6 heteroatoms. The molecule has 0 saturated carbocycles. The molecule has 2 aliphatic rings. The first kappa shape index (κ1) is 18.6. The molecule has 0 amide bonds. The van der Waals surface area contributed by atoms with E-state index in [2.05, 4.69) is 44.0 Å². The van der Waals surface area contributed by atoms with Crippen molar-refractivity contribution in [3.8, 4) is 17.4 Å². The molecule has 0 aliphatic carbocycles. The number of hydrogen-bond acceptors (Lipinski definition) is 5. The highest BCUT2D eigenvalue weighted by Gasteiger charge is 2.22. The largest absolute Gasteiger partial charge is 0.481 e. The lowest BCUT2D eigenvalue weighted by Crippen LogP contribution is -2.33. The summed E-state index contributed by atoms with van der Waals surface area (Å²) in [6.45, 7) is 3.47. The van der Waals surface area contributed by atoms with Crippen LogP contribution in [-0.4, -0.2) is 36.9 Å². The van der Waals surface area contributed by atoms with E-state index in [1.807, 2.05) is 6.07 Å². The Bertz CT molecular complexity index is 791. The van der Waals surface area contributed by atoms with E-state index in [-0.39, 0.29) is 0 Å². The van der Waals surface area contributed by atoms with Crippen LogP contribution in [0.1, 0.15) is 30.4 Å². The van der Waals surface area contributed by atoms with Gasteiger partial charge in [0.05, 0.1) is 7.11 Å². The molecule has 0 bridgehead atoms. The van der Waals surface area contributed by atoms with Gasteiger partial charge < -0.3 is 14.2 Å². The molecule has 3 heterocycles. The lowest BCUT2D eigenvalue weighted by molar-refractivity contribution is 0.168. The number of aromatic nitrogens is 1. The van der Waals surface area contributed by atoms with Crippen LogP contribution < -0.4 is 14.2 Å². The van der Waals surface area contributed by atoms with Gasteiger partial charge in [-0.15, -0.1) is 0 Å². The number of methoxy groups -OCH3 is 1. The molecule has 0 atom stereocenters. The van der Waals surface area contributed by atoms with Gasteiger partial charge in [0.1, 0.15) is 0 Å². The molecule has 1 saturated heterocycles. The highest BCUT2D eigenvalue weighted by Crippen LogP contribution is 2.37. The van der Waals surface area contributed by atoms with Gasteiger partial charge in [0, 0.05) is 22.8 Å². The Morgan fingerprint density at radius 3 is 2.89 bits per heavy atom. The number of ether oxygens (including phenoxy) is 3. The first-order valence-electron chi connectivity index (χ1n) is 9.51. The molecule has 5 nitrogen and oxygen atoms in total. The van der Waals surface area contributed by atoms with Gasteiger partial charge in [-0.05, 0) is 78.3 Å². The third-order valence-electron chi connectivity index (χ3n) is 5.49. The maximum Gasteiger partial charge on any atom is 0.231 e. The third-order valence-corrected chi connectivity index (χ3v) is 5.92. The molecule has 0 radical (unpaired) electrons. The predicted octanol–water partition coefficient (Wildman–Crippen LogP) is 4.43. The van der Waals surface area contributed by atoms with Crippen molar-refractivity contribution in [3.05, 3.63) is 46.1 Å². The van der Waals surface area contributed by atoms with Crippen molar-refractivity contribution in [3.63, 3.8) is 0 Å². The molecule has 1 fully saturated rings. The van der Waals surface area contributed by atoms with E-state index in [1.54, 1.807) is 13.3 Å². The van der Waals surface area contributed by atoms with E-state index in [0.29, 0.717) is 6.79 Å². The van der Waals surface area contributed by atoms with Crippen LogP contribution in [0.15, 0.2) is 34.9 Å². The topological polar surface area (TPSA) is 43.8 Å². The first-order chi connectivity index (χ1) is 13.2. The zero-order chi connectivity index (χ0) is 18.6. The minimum atomic E-state index is 0.346. The van der Waals surface area contributed by atoms with Crippen molar-refractivity contribution in [1.82, 2.24) is 9.88 Å². The average molecular weight is 433 g/mol. The number of piperidine rings is 1. The summed E-state index contributed by atoms with van der Waals surface area (Å²) in [5.41, 5.74) is 2.42. The van der Waals surface area contributed by atoms with Crippen LogP contribution in [-0.2, 0) is 13.0 Å². The van der Waals surface area contributed by atoms with Crippen LogP contribution in [0.2, 0.25) is 0 Å². The fraction of sp³-hybridized carbons (Fsp3) is 0.476. The van der Waals surface area contributed by atoms with Crippen molar-refractivity contribution in [2.45, 2.75) is 32.2 Å². The number of nitrogens with zero attached hydrogens (tertiary/aromatic N) is 2. The van der Waals surface area contributed by atoms with Crippen molar-refractivity contribution in [2.24, 2.45) is 5.92 Å². The number of hydrogen-bond donors (Lipinski definition) is 0. The Morgan fingerprint density at radius 1 is 1.22 bits per heavy atom. The number of benzene rings is 1. The van der Waals surface area contributed by atoms with Gasteiger partial charge >= 0.3 is 0 Å². The third kappa shape index (κ3) is 4.38. The average Bonchev–Trinajstić information content (AvgIpc) is 3.17. The summed E-state index contributed by atoms with van der Waals surface area (Å²) in [7, 11) is 1.68. The second-order valence-corrected chi connectivity index (χ2v) is 8.15. The van der Waals surface area contributed by atoms with Gasteiger partial charge in [0.15, 0.2) is 11.5 Å². The second-order valence-electron chi connectivity index (χ2n) is 7.23. The lowest BCUT2D eigenvalue weighted by atomic mass is 9.90. The van der Waals surface area contributed by atoms with Gasteiger partial charge in [-0.3, -0.25) is 4.90 Å². The van der Waals surface area contributed by atoms with Crippen molar-refractivity contribution in [2.75, 3.05) is 27.0 Å². The van der Waals surface area contributed by atoms with Crippen LogP contribution in [0.4, 0.5) is 0 Å². The fourth-order valence-corrected chi connectivity index (χ4v) is 4.37. The zero-order valence-electron chi connectivity index (χ0n) is 15.6. The number of para-hydroxylation sites is 1. The van der Waals surface area contributed by atoms with E-state index in [4.69, 9.17) is 14.2 Å². The molecule has 1 aromatic carbocycles. The lowest BCUT2D eigenvalue weighted by Gasteiger charge is -2.32. The Morgan fingerprint density at radius 2 is 2.07 bits per heavy atom. The fourth-order valence-electron chi connectivity index (χ4n) is 3.99. The quantitative estimate of drug-likeness (QED) is 0.675. The molecule has 2 aliphatic heterocycles. The predicted molar refractivity (Wildman–Crippen MR) is 107 cm³/mol. The van der Waals surface area contributed by atoms with E-state index in [1.165, 1.54) is 24.8 Å². The van der Waals surface area contributed by atoms with Crippen LogP contribution in [0.3, 0.4) is 0 Å². The van der Waals surface area contributed by atoms with Crippen molar-refractivity contribution in [1.29, 1.82) is 0 Å². The Kier molecular flexibility index (Phi) is 5.83. The summed E-state index contributed by atoms with van der Waals surface area (Å²) >= 11 is 3.51. The molecular formula is C21H25BrN2O3. The maximum absolute atomic E-state index is 5.63. The second kappa shape index (κ2) is 8.48. The van der Waals surface area contributed by atoms with E-state index < -0.39 is 0 Å². The van der Waals surface area contributed by atoms with Crippen molar-refractivity contribution >= 4 is 15.9 Å². The summed E-state index contributed by atoms with van der Waals surface area (Å²) < 4.78 is 17.5. The van der Waals surface area contributed by atoms with Gasteiger partial charge in [-0.25, -0.2) is 4.98 Å². The summed E-state index contributed by atoms with van der Waals surface area (Å²) in [6, 6.07) is 8.31. The SMILES string of the molecule is COc1ncc(Br)cc1CN1CCC(CCc2cccc3c2OCO3)CC1. The van der Waals surface area contributed by atoms with Gasteiger partial charge in [0.2, 0.25) is 12.7 Å². The first-order valence-corrected chi connectivity index (χ1v) is 10.3. The van der Waals surface area contributed by atoms with Crippen LogP contribution in [0, 0.1) is 5.92 Å². The standard InChI is InChI=1S/C21H25BrN2O3/c1-25-21-17(11-18(22)12-23-21)13-24-9-7-15(8-10-24)5-6-16-3-2-4-19-20(16)27-14-26-19/h2-4,11-12,15H,5-10,13-14H2,1H3. The van der Waals surface area contributed by atoms with E-state index in [9.17, 15) is 0 Å². The van der Waals surface area contributed by atoms with Gasteiger partial charge in [-0.1, -0.05) is 12.1 Å². The maximum atomic E-state index is 5.63. The molecule has 0 unspecified atom stereocenters. The molecule has 27 heavy (non-hydrogen) atoms. The number of pyridine rings is 1. The summed E-state index contributed by atoms with van der Waals surface area (Å²) in [5.74, 6) is 3.32. The summed E-state index contributed by atoms with van der Waals surface area (Å²) in [6.07, 6.45) is 6.51. The van der Waals surface area contributed by atoms with E-state index >= 15 is 0 Å². The molecule has 2 aromatic rings. The molecule has 144 valence electrons.